The first kappa shape index (κ1) is 20.2. The molecule has 0 atom stereocenters. The quantitative estimate of drug-likeness (QED) is 0.353. The number of aromatic hydroxyl groups is 2. The van der Waals surface area contributed by atoms with Crippen molar-refractivity contribution in [3.63, 3.8) is 0 Å². The van der Waals surface area contributed by atoms with Gasteiger partial charge in [-0.2, -0.15) is 11.3 Å². The number of carbonyl (C=O) groups excluding carboxylic acids is 1. The molecule has 5 rings (SSSR count). The molecule has 3 heterocycles. The van der Waals surface area contributed by atoms with Crippen molar-refractivity contribution in [3.05, 3.63) is 88.2 Å². The second-order valence-electron chi connectivity index (χ2n) is 7.13. The number of anilines is 1. The van der Waals surface area contributed by atoms with Crippen LogP contribution in [-0.2, 0) is 6.54 Å². The predicted octanol–water partition coefficient (Wildman–Crippen LogP) is 5.68. The number of phenolic OH excluding ortho intramolecular Hbond substituents is 2. The molecular weight excluding hydrogens is 442 g/mol. The highest BCUT2D eigenvalue weighted by atomic mass is 32.1. The van der Waals surface area contributed by atoms with E-state index in [2.05, 4.69) is 9.97 Å². The highest BCUT2D eigenvalue weighted by Crippen LogP contribution is 2.32. The van der Waals surface area contributed by atoms with Gasteiger partial charge in [-0.3, -0.25) is 4.79 Å². The maximum atomic E-state index is 13.4. The van der Waals surface area contributed by atoms with Gasteiger partial charge in [0.1, 0.15) is 17.8 Å². The molecule has 0 saturated carbocycles. The number of benzene rings is 2. The second-order valence-corrected chi connectivity index (χ2v) is 8.82. The first-order valence-corrected chi connectivity index (χ1v) is 11.6. The van der Waals surface area contributed by atoms with E-state index >= 15 is 0 Å². The number of phenols is 2. The van der Waals surface area contributed by atoms with Crippen molar-refractivity contribution in [1.82, 2.24) is 9.97 Å². The molecule has 2 aromatic carbocycles. The number of fused-ring (bicyclic) bond motifs is 1. The molecule has 0 aliphatic heterocycles. The summed E-state index contributed by atoms with van der Waals surface area (Å²) in [4.78, 5) is 23.7. The summed E-state index contributed by atoms with van der Waals surface area (Å²) in [6, 6.07) is 15.5. The van der Waals surface area contributed by atoms with Gasteiger partial charge < -0.3 is 15.1 Å². The van der Waals surface area contributed by atoms with Crippen molar-refractivity contribution in [2.45, 2.75) is 6.54 Å². The summed E-state index contributed by atoms with van der Waals surface area (Å²) in [5.41, 5.74) is 4.48. The van der Waals surface area contributed by atoms with Gasteiger partial charge >= 0.3 is 0 Å². The van der Waals surface area contributed by atoms with Gasteiger partial charge in [0, 0.05) is 17.3 Å². The molecule has 8 heteroatoms. The lowest BCUT2D eigenvalue weighted by atomic mass is 10.1. The first-order valence-electron chi connectivity index (χ1n) is 9.74. The van der Waals surface area contributed by atoms with Crippen LogP contribution in [0.1, 0.15) is 15.9 Å². The van der Waals surface area contributed by atoms with Crippen LogP contribution in [0, 0.1) is 0 Å². The second kappa shape index (κ2) is 8.41. The molecule has 3 aromatic heterocycles. The molecule has 0 aliphatic carbocycles. The van der Waals surface area contributed by atoms with E-state index in [-0.39, 0.29) is 23.0 Å². The average molecular weight is 460 g/mol. The van der Waals surface area contributed by atoms with Crippen LogP contribution in [0.25, 0.3) is 21.5 Å². The minimum Gasteiger partial charge on any atom is -0.508 e. The molecular formula is C24H17N3O3S2. The van der Waals surface area contributed by atoms with Crippen molar-refractivity contribution in [2.24, 2.45) is 0 Å². The van der Waals surface area contributed by atoms with Crippen LogP contribution in [0.15, 0.2) is 77.1 Å². The fourth-order valence-corrected chi connectivity index (χ4v) is 5.00. The third-order valence-electron chi connectivity index (χ3n) is 5.07. The molecule has 0 radical (unpaired) electrons. The SMILES string of the molecule is O=C(c1ccc(O)cc1O)N(Cc1ccsc1)c1ccc(-c2ncnc3ccsc23)cc1. The minimum absolute atomic E-state index is 0.0995. The van der Waals surface area contributed by atoms with Crippen molar-refractivity contribution in [1.29, 1.82) is 0 Å². The number of aromatic nitrogens is 2. The summed E-state index contributed by atoms with van der Waals surface area (Å²) >= 11 is 3.15. The van der Waals surface area contributed by atoms with Gasteiger partial charge in [0.05, 0.1) is 28.0 Å². The van der Waals surface area contributed by atoms with Crippen LogP contribution in [-0.4, -0.2) is 26.1 Å². The number of amides is 1. The Morgan fingerprint density at radius 1 is 0.969 bits per heavy atom. The van der Waals surface area contributed by atoms with E-state index < -0.39 is 0 Å². The van der Waals surface area contributed by atoms with Gasteiger partial charge in [-0.15, -0.1) is 11.3 Å². The van der Waals surface area contributed by atoms with Gasteiger partial charge in [-0.05, 0) is 58.1 Å². The molecule has 0 bridgehead atoms. The lowest BCUT2D eigenvalue weighted by molar-refractivity contribution is 0.0982. The zero-order valence-corrected chi connectivity index (χ0v) is 18.3. The Kier molecular flexibility index (Phi) is 5.30. The van der Waals surface area contributed by atoms with Crippen molar-refractivity contribution >= 4 is 44.5 Å². The number of carbonyl (C=O) groups is 1. The van der Waals surface area contributed by atoms with Crippen LogP contribution in [0.3, 0.4) is 0 Å². The number of hydrogen-bond donors (Lipinski definition) is 2. The van der Waals surface area contributed by atoms with E-state index in [0.717, 1.165) is 27.0 Å². The summed E-state index contributed by atoms with van der Waals surface area (Å²) in [5.74, 6) is -0.718. The third kappa shape index (κ3) is 3.81. The Bertz CT molecular complexity index is 1400. The Morgan fingerprint density at radius 2 is 1.81 bits per heavy atom. The Balaban J connectivity index is 1.52. The van der Waals surface area contributed by atoms with E-state index in [4.69, 9.17) is 0 Å². The normalized spacial score (nSPS) is 11.0. The van der Waals surface area contributed by atoms with Gasteiger partial charge in [0.15, 0.2) is 0 Å². The van der Waals surface area contributed by atoms with E-state index in [1.165, 1.54) is 18.2 Å². The summed E-state index contributed by atoms with van der Waals surface area (Å²) in [7, 11) is 0. The number of hydrogen-bond acceptors (Lipinski definition) is 7. The molecule has 0 fully saturated rings. The fourth-order valence-electron chi connectivity index (χ4n) is 3.49. The van der Waals surface area contributed by atoms with Crippen LogP contribution < -0.4 is 4.90 Å². The zero-order valence-electron chi connectivity index (χ0n) is 16.7. The summed E-state index contributed by atoms with van der Waals surface area (Å²) in [5, 5.41) is 25.8. The monoisotopic (exact) mass is 459 g/mol. The lowest BCUT2D eigenvalue weighted by Crippen LogP contribution is -2.30. The number of rotatable bonds is 5. The van der Waals surface area contributed by atoms with Crippen LogP contribution in [0.2, 0.25) is 0 Å². The Labute approximate surface area is 191 Å². The smallest absolute Gasteiger partial charge is 0.262 e. The largest absolute Gasteiger partial charge is 0.508 e. The molecule has 158 valence electrons. The van der Waals surface area contributed by atoms with Crippen molar-refractivity contribution < 1.29 is 15.0 Å². The Hall–Kier alpha value is -3.75. The van der Waals surface area contributed by atoms with Crippen LogP contribution in [0.5, 0.6) is 11.5 Å². The lowest BCUT2D eigenvalue weighted by Gasteiger charge is -2.23. The molecule has 0 spiro atoms. The maximum absolute atomic E-state index is 13.4. The molecule has 0 aliphatic rings. The first-order chi connectivity index (χ1) is 15.6. The molecule has 32 heavy (non-hydrogen) atoms. The van der Waals surface area contributed by atoms with E-state index in [9.17, 15) is 15.0 Å². The molecule has 1 amide bonds. The van der Waals surface area contributed by atoms with Gasteiger partial charge in [0.2, 0.25) is 0 Å². The minimum atomic E-state index is -0.357. The summed E-state index contributed by atoms with van der Waals surface area (Å²) < 4.78 is 1.01. The van der Waals surface area contributed by atoms with Crippen LogP contribution >= 0.6 is 22.7 Å². The molecule has 5 aromatic rings. The average Bonchev–Trinajstić information content (AvgIpc) is 3.49. The zero-order chi connectivity index (χ0) is 22.1. The van der Waals surface area contributed by atoms with E-state index in [0.29, 0.717) is 12.2 Å². The van der Waals surface area contributed by atoms with Crippen LogP contribution in [0.4, 0.5) is 5.69 Å². The van der Waals surface area contributed by atoms with Gasteiger partial charge in [0.25, 0.3) is 5.91 Å². The van der Waals surface area contributed by atoms with Gasteiger partial charge in [-0.25, -0.2) is 9.97 Å². The molecule has 0 unspecified atom stereocenters. The van der Waals surface area contributed by atoms with Gasteiger partial charge in [-0.1, -0.05) is 12.1 Å². The Morgan fingerprint density at radius 3 is 2.56 bits per heavy atom. The predicted molar refractivity (Wildman–Crippen MR) is 127 cm³/mol. The topological polar surface area (TPSA) is 86.5 Å². The number of thiophene rings is 2. The van der Waals surface area contributed by atoms with E-state index in [1.807, 2.05) is 52.5 Å². The number of nitrogens with zero attached hydrogens (tertiary/aromatic N) is 3. The summed E-state index contributed by atoms with van der Waals surface area (Å²) in [6.45, 7) is 0.352. The molecule has 2 N–H and O–H groups in total. The summed E-state index contributed by atoms with van der Waals surface area (Å²) in [6.07, 6.45) is 1.55. The fraction of sp³-hybridized carbons (Fsp3) is 0.0417. The van der Waals surface area contributed by atoms with Crippen molar-refractivity contribution in [2.75, 3.05) is 4.90 Å². The molecule has 0 saturated heterocycles. The molecule has 6 nitrogen and oxygen atoms in total. The third-order valence-corrected chi connectivity index (χ3v) is 6.72. The maximum Gasteiger partial charge on any atom is 0.262 e. The van der Waals surface area contributed by atoms with Crippen molar-refractivity contribution in [3.8, 4) is 22.8 Å². The highest BCUT2D eigenvalue weighted by Gasteiger charge is 2.22. The highest BCUT2D eigenvalue weighted by molar-refractivity contribution is 7.17. The van der Waals surface area contributed by atoms with E-state index in [1.54, 1.807) is 33.9 Å². The standard InChI is InChI=1S/C24H17N3O3S2/c28-18-5-6-19(21(29)11-18)24(30)27(12-15-7-9-31-13-15)17-3-1-16(2-4-17)22-23-20(8-10-32-23)25-14-26-22/h1-11,13-14,28-29H,12H2.